The highest BCUT2D eigenvalue weighted by Gasteiger charge is 2.22. The molecule has 4 heteroatoms. The molecule has 0 aromatic heterocycles. The molecular weight excluding hydrogens is 256 g/mol. The summed E-state index contributed by atoms with van der Waals surface area (Å²) in [6, 6.07) is 0. The molecule has 0 saturated carbocycles. The maximum Gasteiger partial charge on any atom is 0.348 e. The molecule has 0 aliphatic carbocycles. The first-order valence-electron chi connectivity index (χ1n) is 7.82. The topological polar surface area (TPSA) is 44.8 Å². The lowest BCUT2D eigenvalue weighted by Crippen LogP contribution is -2.23. The van der Waals surface area contributed by atoms with Crippen LogP contribution < -0.4 is 0 Å². The lowest BCUT2D eigenvalue weighted by Gasteiger charge is -2.25. The Labute approximate surface area is 124 Å². The predicted molar refractivity (Wildman–Crippen MR) is 79.7 cm³/mol. The average molecular weight is 288 g/mol. The van der Waals surface area contributed by atoms with Gasteiger partial charge in [-0.2, -0.15) is 4.89 Å². The molecule has 120 valence electrons. The third-order valence-electron chi connectivity index (χ3n) is 3.31. The molecule has 0 aromatic carbocycles. The Kier molecular flexibility index (Phi) is 9.86. The molecule has 0 saturated heterocycles. The molecular formula is C16H32O4. The number of carbonyl (C=O) groups excluding carboxylic acids is 1. The second-order valence-electron chi connectivity index (χ2n) is 6.74. The molecule has 0 aliphatic heterocycles. The molecule has 1 atom stereocenters. The van der Waals surface area contributed by atoms with Crippen LogP contribution in [0.3, 0.4) is 0 Å². The third kappa shape index (κ3) is 9.32. The molecule has 0 fully saturated rings. The zero-order valence-corrected chi connectivity index (χ0v) is 14.0. The van der Waals surface area contributed by atoms with Gasteiger partial charge in [-0.3, -0.25) is 4.89 Å². The van der Waals surface area contributed by atoms with Gasteiger partial charge in [0.25, 0.3) is 0 Å². The molecule has 0 heterocycles. The van der Waals surface area contributed by atoms with E-state index in [1.54, 1.807) is 0 Å². The first-order chi connectivity index (χ1) is 9.32. The van der Waals surface area contributed by atoms with Crippen molar-refractivity contribution in [1.29, 1.82) is 0 Å². The molecule has 0 aromatic rings. The fourth-order valence-electron chi connectivity index (χ4n) is 2.41. The fourth-order valence-corrected chi connectivity index (χ4v) is 2.41. The van der Waals surface area contributed by atoms with E-state index in [0.717, 1.165) is 32.1 Å². The Morgan fingerprint density at radius 3 is 2.35 bits per heavy atom. The highest BCUT2D eigenvalue weighted by molar-refractivity contribution is 5.71. The van der Waals surface area contributed by atoms with Crippen molar-refractivity contribution in [3.63, 3.8) is 0 Å². The van der Waals surface area contributed by atoms with E-state index in [1.165, 1.54) is 0 Å². The highest BCUT2D eigenvalue weighted by Crippen LogP contribution is 2.25. The van der Waals surface area contributed by atoms with E-state index in [1.807, 2.05) is 6.92 Å². The van der Waals surface area contributed by atoms with Crippen LogP contribution in [0, 0.1) is 17.3 Å². The standard InChI is InChI=1S/C16H32O4/c1-7-9-10-14(8-2)15(17)19-20-18-12-16(5,6)11-13(3)4/h13-14H,7-12H2,1-6H3. The zero-order valence-electron chi connectivity index (χ0n) is 14.0. The number of hydrogen-bond donors (Lipinski definition) is 0. The van der Waals surface area contributed by atoms with Crippen LogP contribution in [-0.4, -0.2) is 12.6 Å². The van der Waals surface area contributed by atoms with E-state index in [9.17, 15) is 4.79 Å². The molecule has 0 spiro atoms. The first kappa shape index (κ1) is 19.4. The first-order valence-corrected chi connectivity index (χ1v) is 7.82. The highest BCUT2D eigenvalue weighted by atomic mass is 17.5. The van der Waals surface area contributed by atoms with Crippen LogP contribution in [0.5, 0.6) is 0 Å². The van der Waals surface area contributed by atoms with Crippen molar-refractivity contribution < 1.29 is 19.6 Å². The quantitative estimate of drug-likeness (QED) is 0.314. The average Bonchev–Trinajstić information content (AvgIpc) is 2.34. The van der Waals surface area contributed by atoms with Crippen LogP contribution in [0.1, 0.15) is 73.6 Å². The van der Waals surface area contributed by atoms with Gasteiger partial charge in [-0.15, -0.1) is 0 Å². The summed E-state index contributed by atoms with van der Waals surface area (Å²) in [5.74, 6) is 0.166. The van der Waals surface area contributed by atoms with Gasteiger partial charge in [0.15, 0.2) is 0 Å². The van der Waals surface area contributed by atoms with E-state index < -0.39 is 0 Å². The van der Waals surface area contributed by atoms with E-state index in [4.69, 9.17) is 9.78 Å². The van der Waals surface area contributed by atoms with Crippen LogP contribution in [0.2, 0.25) is 0 Å². The van der Waals surface area contributed by atoms with Crippen molar-refractivity contribution in [2.45, 2.75) is 73.6 Å². The van der Waals surface area contributed by atoms with Crippen molar-refractivity contribution in [1.82, 2.24) is 0 Å². The van der Waals surface area contributed by atoms with Gasteiger partial charge in [-0.1, -0.05) is 54.4 Å². The normalized spacial score (nSPS) is 13.6. The third-order valence-corrected chi connectivity index (χ3v) is 3.31. The van der Waals surface area contributed by atoms with Crippen LogP contribution >= 0.6 is 0 Å². The monoisotopic (exact) mass is 288 g/mol. The lowest BCUT2D eigenvalue weighted by atomic mass is 9.85. The minimum atomic E-state index is -0.331. The lowest BCUT2D eigenvalue weighted by molar-refractivity contribution is -0.493. The molecule has 0 rings (SSSR count). The SMILES string of the molecule is CCCCC(CC)C(=O)OOOCC(C)(C)CC(C)C. The second kappa shape index (κ2) is 10.2. The summed E-state index contributed by atoms with van der Waals surface area (Å²) in [5, 5.41) is 4.63. The van der Waals surface area contributed by atoms with Crippen LogP contribution in [-0.2, 0) is 19.6 Å². The van der Waals surface area contributed by atoms with Crippen LogP contribution in [0.15, 0.2) is 0 Å². The molecule has 4 nitrogen and oxygen atoms in total. The maximum absolute atomic E-state index is 11.8. The number of carbonyl (C=O) groups is 1. The van der Waals surface area contributed by atoms with Crippen molar-refractivity contribution in [3.8, 4) is 0 Å². The van der Waals surface area contributed by atoms with Gasteiger partial charge in [-0.25, -0.2) is 4.79 Å². The Hall–Kier alpha value is -0.610. The second-order valence-corrected chi connectivity index (χ2v) is 6.74. The fraction of sp³-hybridized carbons (Fsp3) is 0.938. The molecule has 0 aliphatic rings. The smallest absolute Gasteiger partial charge is 0.269 e. The maximum atomic E-state index is 11.8. The van der Waals surface area contributed by atoms with Gasteiger partial charge in [0.2, 0.25) is 0 Å². The Morgan fingerprint density at radius 1 is 1.20 bits per heavy atom. The summed E-state index contributed by atoms with van der Waals surface area (Å²) in [4.78, 5) is 21.5. The van der Waals surface area contributed by atoms with Crippen molar-refractivity contribution >= 4 is 5.97 Å². The van der Waals surface area contributed by atoms with Gasteiger partial charge in [0.1, 0.15) is 0 Å². The molecule has 20 heavy (non-hydrogen) atoms. The summed E-state index contributed by atoms with van der Waals surface area (Å²) in [6.07, 6.45) is 4.73. The minimum absolute atomic E-state index is 0.00689. The Balaban J connectivity index is 3.90. The summed E-state index contributed by atoms with van der Waals surface area (Å²) in [5.41, 5.74) is 0.00689. The van der Waals surface area contributed by atoms with Gasteiger partial charge >= 0.3 is 5.97 Å². The molecule has 1 unspecified atom stereocenters. The summed E-state index contributed by atoms with van der Waals surface area (Å²) < 4.78 is 0. The summed E-state index contributed by atoms with van der Waals surface area (Å²) in [7, 11) is 0. The van der Waals surface area contributed by atoms with Gasteiger partial charge in [-0.05, 0) is 35.6 Å². The number of hydrogen-bond acceptors (Lipinski definition) is 4. The van der Waals surface area contributed by atoms with E-state index in [2.05, 4.69) is 39.7 Å². The Bertz CT molecular complexity index is 261. The van der Waals surface area contributed by atoms with Crippen LogP contribution in [0.4, 0.5) is 0 Å². The molecule has 0 radical (unpaired) electrons. The van der Waals surface area contributed by atoms with Crippen molar-refractivity contribution in [2.75, 3.05) is 6.61 Å². The predicted octanol–water partition coefficient (Wildman–Crippen LogP) is 4.68. The zero-order chi connectivity index (χ0) is 15.6. The Morgan fingerprint density at radius 2 is 1.85 bits per heavy atom. The van der Waals surface area contributed by atoms with E-state index >= 15 is 0 Å². The van der Waals surface area contributed by atoms with E-state index in [0.29, 0.717) is 12.5 Å². The molecule has 0 bridgehead atoms. The van der Waals surface area contributed by atoms with Gasteiger partial charge < -0.3 is 0 Å². The van der Waals surface area contributed by atoms with Gasteiger partial charge in [0.05, 0.1) is 12.5 Å². The molecule has 0 N–H and O–H groups in total. The van der Waals surface area contributed by atoms with Crippen LogP contribution in [0.25, 0.3) is 0 Å². The molecule has 0 amide bonds. The largest absolute Gasteiger partial charge is 0.348 e. The number of unbranched alkanes of at least 4 members (excludes halogenated alkanes) is 1. The van der Waals surface area contributed by atoms with Crippen molar-refractivity contribution in [3.05, 3.63) is 0 Å². The summed E-state index contributed by atoms with van der Waals surface area (Å²) in [6.45, 7) is 13.0. The van der Waals surface area contributed by atoms with Crippen molar-refractivity contribution in [2.24, 2.45) is 17.3 Å². The summed E-state index contributed by atoms with van der Waals surface area (Å²) >= 11 is 0. The van der Waals surface area contributed by atoms with Gasteiger partial charge in [0, 0.05) is 0 Å². The number of rotatable bonds is 11. The minimum Gasteiger partial charge on any atom is -0.269 e. The van der Waals surface area contributed by atoms with E-state index in [-0.39, 0.29) is 17.3 Å².